The van der Waals surface area contributed by atoms with Crippen molar-refractivity contribution in [1.29, 1.82) is 0 Å². The Labute approximate surface area is 91.2 Å². The number of nitrogens with one attached hydrogen (secondary N) is 1. The van der Waals surface area contributed by atoms with E-state index in [2.05, 4.69) is 15.2 Å². The lowest BCUT2D eigenvalue weighted by atomic mass is 10.1. The third kappa shape index (κ3) is 1.05. The van der Waals surface area contributed by atoms with Gasteiger partial charge in [-0.2, -0.15) is 5.10 Å². The Morgan fingerprint density at radius 3 is 3.00 bits per heavy atom. The van der Waals surface area contributed by atoms with Crippen LogP contribution < -0.4 is 10.5 Å². The summed E-state index contributed by atoms with van der Waals surface area (Å²) in [4.78, 5) is 4.35. The van der Waals surface area contributed by atoms with Gasteiger partial charge >= 0.3 is 0 Å². The minimum atomic E-state index is 0.465. The van der Waals surface area contributed by atoms with Crippen LogP contribution in [0.3, 0.4) is 0 Å². The zero-order chi connectivity index (χ0) is 11.1. The largest absolute Gasteiger partial charge is 0.494 e. The summed E-state index contributed by atoms with van der Waals surface area (Å²) < 4.78 is 5.26. The summed E-state index contributed by atoms with van der Waals surface area (Å²) in [6.07, 6.45) is 1.71. The Balaban J connectivity index is 2.52. The van der Waals surface area contributed by atoms with Gasteiger partial charge in [-0.1, -0.05) is 12.1 Å². The number of hydrogen-bond acceptors (Lipinski definition) is 4. The lowest BCUT2D eigenvalue weighted by Gasteiger charge is -2.04. The molecule has 0 saturated carbocycles. The lowest BCUT2D eigenvalue weighted by Crippen LogP contribution is -1.88. The number of rotatable bonds is 1. The molecule has 3 N–H and O–H groups in total. The molecule has 0 aliphatic rings. The number of nitrogens with two attached hydrogens (primary N) is 1. The van der Waals surface area contributed by atoms with Crippen molar-refractivity contribution in [3.8, 4) is 5.75 Å². The maximum absolute atomic E-state index is 5.72. The van der Waals surface area contributed by atoms with E-state index in [-0.39, 0.29) is 0 Å². The molecule has 0 radical (unpaired) electrons. The second-order valence-electron chi connectivity index (χ2n) is 3.51. The molecule has 5 heteroatoms. The van der Waals surface area contributed by atoms with Crippen molar-refractivity contribution in [2.45, 2.75) is 0 Å². The standard InChI is InChI=1S/C11H10N4O/c1-16-8-4-2-3-6-9-7(5-13-10(6)8)11(12)15-14-9/h2-5H,1H3,(H3,12,14,15). The summed E-state index contributed by atoms with van der Waals surface area (Å²) in [5, 5.41) is 8.68. The van der Waals surface area contributed by atoms with E-state index < -0.39 is 0 Å². The number of ether oxygens (including phenoxy) is 1. The molecule has 0 fully saturated rings. The second-order valence-corrected chi connectivity index (χ2v) is 3.51. The fourth-order valence-electron chi connectivity index (χ4n) is 1.85. The van der Waals surface area contributed by atoms with Crippen LogP contribution in [-0.4, -0.2) is 22.3 Å². The van der Waals surface area contributed by atoms with Crippen molar-refractivity contribution < 1.29 is 4.74 Å². The quantitative estimate of drug-likeness (QED) is 0.646. The van der Waals surface area contributed by atoms with Gasteiger partial charge in [-0.25, -0.2) is 0 Å². The Morgan fingerprint density at radius 2 is 2.19 bits per heavy atom. The van der Waals surface area contributed by atoms with E-state index in [1.54, 1.807) is 13.3 Å². The third-order valence-corrected chi connectivity index (χ3v) is 2.64. The average molecular weight is 214 g/mol. The number of hydrogen-bond donors (Lipinski definition) is 2. The van der Waals surface area contributed by atoms with E-state index in [9.17, 15) is 0 Å². The first-order chi connectivity index (χ1) is 7.81. The molecule has 0 unspecified atom stereocenters. The third-order valence-electron chi connectivity index (χ3n) is 2.64. The van der Waals surface area contributed by atoms with Crippen molar-refractivity contribution >= 4 is 27.6 Å². The predicted octanol–water partition coefficient (Wildman–Crippen LogP) is 1.70. The van der Waals surface area contributed by atoms with Crippen LogP contribution in [0.1, 0.15) is 0 Å². The van der Waals surface area contributed by atoms with E-state index in [4.69, 9.17) is 10.5 Å². The van der Waals surface area contributed by atoms with Gasteiger partial charge in [0.25, 0.3) is 0 Å². The highest BCUT2D eigenvalue weighted by atomic mass is 16.5. The number of benzene rings is 1. The molecule has 80 valence electrons. The summed E-state index contributed by atoms with van der Waals surface area (Å²) in [7, 11) is 1.63. The number of anilines is 1. The van der Waals surface area contributed by atoms with Crippen molar-refractivity contribution in [3.63, 3.8) is 0 Å². The fraction of sp³-hybridized carbons (Fsp3) is 0.0909. The van der Waals surface area contributed by atoms with Crippen molar-refractivity contribution in [3.05, 3.63) is 24.4 Å². The highest BCUT2D eigenvalue weighted by molar-refractivity contribution is 6.07. The summed E-state index contributed by atoms with van der Waals surface area (Å²) in [5.41, 5.74) is 7.42. The summed E-state index contributed by atoms with van der Waals surface area (Å²) in [5.74, 6) is 1.21. The van der Waals surface area contributed by atoms with Gasteiger partial charge in [0, 0.05) is 11.6 Å². The first-order valence-corrected chi connectivity index (χ1v) is 4.86. The van der Waals surface area contributed by atoms with Crippen LogP contribution in [0, 0.1) is 0 Å². The van der Waals surface area contributed by atoms with Crippen LogP contribution in [0.4, 0.5) is 5.82 Å². The molecule has 0 saturated heterocycles. The van der Waals surface area contributed by atoms with Crippen molar-refractivity contribution in [1.82, 2.24) is 15.2 Å². The number of para-hydroxylation sites is 1. The Hall–Kier alpha value is -2.30. The van der Waals surface area contributed by atoms with Crippen LogP contribution in [0.15, 0.2) is 24.4 Å². The van der Waals surface area contributed by atoms with E-state index >= 15 is 0 Å². The van der Waals surface area contributed by atoms with Crippen molar-refractivity contribution in [2.75, 3.05) is 12.8 Å². The molecule has 0 amide bonds. The maximum Gasteiger partial charge on any atom is 0.154 e. The van der Waals surface area contributed by atoms with Gasteiger partial charge in [-0.15, -0.1) is 0 Å². The molecule has 0 atom stereocenters. The molecule has 5 nitrogen and oxygen atoms in total. The van der Waals surface area contributed by atoms with Crippen LogP contribution in [0.2, 0.25) is 0 Å². The van der Waals surface area contributed by atoms with Crippen LogP contribution in [0.25, 0.3) is 21.8 Å². The number of pyridine rings is 1. The smallest absolute Gasteiger partial charge is 0.154 e. The first-order valence-electron chi connectivity index (χ1n) is 4.86. The monoisotopic (exact) mass is 214 g/mol. The van der Waals surface area contributed by atoms with Gasteiger partial charge in [-0.3, -0.25) is 10.1 Å². The Bertz CT molecular complexity index is 674. The number of aromatic nitrogens is 3. The van der Waals surface area contributed by atoms with Crippen molar-refractivity contribution in [2.24, 2.45) is 0 Å². The Kier molecular flexibility index (Phi) is 1.73. The van der Waals surface area contributed by atoms with Gasteiger partial charge in [-0.05, 0) is 6.07 Å². The van der Waals surface area contributed by atoms with E-state index in [0.29, 0.717) is 5.82 Å². The predicted molar refractivity (Wildman–Crippen MR) is 62.4 cm³/mol. The number of fused-ring (bicyclic) bond motifs is 3. The van der Waals surface area contributed by atoms with E-state index in [0.717, 1.165) is 27.6 Å². The maximum atomic E-state index is 5.72. The van der Waals surface area contributed by atoms with Crippen LogP contribution in [-0.2, 0) is 0 Å². The highest BCUT2D eigenvalue weighted by Gasteiger charge is 2.09. The topological polar surface area (TPSA) is 76.8 Å². The molecule has 1 aromatic carbocycles. The molecule has 0 bridgehead atoms. The molecule has 0 spiro atoms. The zero-order valence-corrected chi connectivity index (χ0v) is 8.69. The number of nitrogen functional groups attached to an aromatic ring is 1. The first kappa shape index (κ1) is 8.96. The summed E-state index contributed by atoms with van der Waals surface area (Å²) in [6, 6.07) is 5.75. The van der Waals surface area contributed by atoms with E-state index in [1.807, 2.05) is 18.2 Å². The fourth-order valence-corrected chi connectivity index (χ4v) is 1.85. The number of aromatic amines is 1. The second kappa shape index (κ2) is 3.10. The summed E-state index contributed by atoms with van der Waals surface area (Å²) >= 11 is 0. The number of nitrogens with zero attached hydrogens (tertiary/aromatic N) is 2. The van der Waals surface area contributed by atoms with Crippen LogP contribution in [0.5, 0.6) is 5.75 Å². The summed E-state index contributed by atoms with van der Waals surface area (Å²) in [6.45, 7) is 0. The number of H-pyrrole nitrogens is 1. The zero-order valence-electron chi connectivity index (χ0n) is 8.69. The Morgan fingerprint density at radius 1 is 1.31 bits per heavy atom. The highest BCUT2D eigenvalue weighted by Crippen LogP contribution is 2.29. The van der Waals surface area contributed by atoms with Gasteiger partial charge in [0.05, 0.1) is 18.0 Å². The SMILES string of the molecule is COc1cccc2c1ncc1c(N)n[nH]c12. The molecular formula is C11H10N4O. The molecule has 2 aromatic heterocycles. The minimum Gasteiger partial charge on any atom is -0.494 e. The molecule has 0 aliphatic heterocycles. The average Bonchev–Trinajstić information content (AvgIpc) is 2.70. The molecule has 3 aromatic rings. The minimum absolute atomic E-state index is 0.465. The molecule has 3 rings (SSSR count). The van der Waals surface area contributed by atoms with Gasteiger partial charge in [0.2, 0.25) is 0 Å². The molecule has 0 aliphatic carbocycles. The normalized spacial score (nSPS) is 11.1. The van der Waals surface area contributed by atoms with Gasteiger partial charge < -0.3 is 10.5 Å². The molecule has 2 heterocycles. The number of methoxy groups -OCH3 is 1. The van der Waals surface area contributed by atoms with Gasteiger partial charge in [0.15, 0.2) is 5.82 Å². The van der Waals surface area contributed by atoms with Crippen LogP contribution >= 0.6 is 0 Å². The molecule has 16 heavy (non-hydrogen) atoms. The van der Waals surface area contributed by atoms with Gasteiger partial charge in [0.1, 0.15) is 11.3 Å². The van der Waals surface area contributed by atoms with E-state index in [1.165, 1.54) is 0 Å². The molecular weight excluding hydrogens is 204 g/mol. The lowest BCUT2D eigenvalue weighted by molar-refractivity contribution is 0.419.